The molecule has 0 aliphatic carbocycles. The highest BCUT2D eigenvalue weighted by atomic mass is 32.2. The molecule has 0 bridgehead atoms. The van der Waals surface area contributed by atoms with E-state index in [-0.39, 0.29) is 6.04 Å². The summed E-state index contributed by atoms with van der Waals surface area (Å²) in [7, 11) is -0.258. The van der Waals surface area contributed by atoms with E-state index in [0.717, 1.165) is 17.1 Å². The second-order valence-electron chi connectivity index (χ2n) is 4.86. The maximum absolute atomic E-state index is 11.3. The average molecular weight is 300 g/mol. The van der Waals surface area contributed by atoms with Crippen LogP contribution in [0.5, 0.6) is 11.5 Å². The molecule has 0 saturated carbocycles. The fraction of sp³-hybridized carbons (Fsp3) is 0.538. The Morgan fingerprint density at radius 3 is 2.50 bits per heavy atom. The van der Waals surface area contributed by atoms with E-state index >= 15 is 0 Å². The number of piperidine rings is 1. The van der Waals surface area contributed by atoms with Gasteiger partial charge in [0.1, 0.15) is 11.5 Å². The summed E-state index contributed by atoms with van der Waals surface area (Å²) in [6.45, 7) is 0.351. The Morgan fingerprint density at radius 2 is 2.00 bits per heavy atom. The molecule has 2 rings (SSSR count). The molecule has 1 fully saturated rings. The van der Waals surface area contributed by atoms with Crippen LogP contribution in [0.3, 0.4) is 0 Å². The van der Waals surface area contributed by atoms with Crippen LogP contribution in [0.25, 0.3) is 0 Å². The lowest BCUT2D eigenvalue weighted by atomic mass is 9.96. The van der Waals surface area contributed by atoms with Crippen LogP contribution in [-0.4, -0.2) is 34.4 Å². The van der Waals surface area contributed by atoms with Crippen molar-refractivity contribution in [2.75, 3.05) is 20.8 Å². The predicted molar refractivity (Wildman–Crippen MR) is 76.4 cm³/mol. The van der Waals surface area contributed by atoms with Gasteiger partial charge in [-0.3, -0.25) is 0 Å². The maximum Gasteiger partial charge on any atom is 0.213 e. The van der Waals surface area contributed by atoms with Crippen LogP contribution in [0.15, 0.2) is 18.2 Å². The minimum atomic E-state index is -3.48. The number of methoxy groups -OCH3 is 2. The number of primary sulfonamides is 1. The van der Waals surface area contributed by atoms with Gasteiger partial charge in [0.25, 0.3) is 0 Å². The van der Waals surface area contributed by atoms with E-state index in [9.17, 15) is 8.42 Å². The Labute approximate surface area is 119 Å². The maximum atomic E-state index is 11.3. The molecule has 2 unspecified atom stereocenters. The molecular weight excluding hydrogens is 280 g/mol. The van der Waals surface area contributed by atoms with Crippen LogP contribution in [0, 0.1) is 0 Å². The van der Waals surface area contributed by atoms with Gasteiger partial charge >= 0.3 is 0 Å². The van der Waals surface area contributed by atoms with Crippen molar-refractivity contribution in [3.05, 3.63) is 23.8 Å². The normalized spacial score (nSPS) is 23.4. The molecule has 2 atom stereocenters. The monoisotopic (exact) mass is 300 g/mol. The lowest BCUT2D eigenvalue weighted by Crippen LogP contribution is -2.43. The number of rotatable bonds is 4. The standard InChI is InChI=1S/C13H20N2O4S/c1-18-9-3-6-13(19-2)11(7-9)12-5-4-10(8-15-12)20(14,16)17/h3,6-7,10,12,15H,4-5,8H2,1-2H3,(H2,14,16,17). The second kappa shape index (κ2) is 5.99. The number of sulfonamides is 1. The van der Waals surface area contributed by atoms with Gasteiger partial charge in [-0.1, -0.05) is 0 Å². The zero-order chi connectivity index (χ0) is 14.8. The van der Waals surface area contributed by atoms with Gasteiger partial charge in [0.15, 0.2) is 0 Å². The van der Waals surface area contributed by atoms with Gasteiger partial charge in [-0.25, -0.2) is 13.6 Å². The second-order valence-corrected chi connectivity index (χ2v) is 6.70. The summed E-state index contributed by atoms with van der Waals surface area (Å²) in [5, 5.41) is 7.89. The van der Waals surface area contributed by atoms with E-state index < -0.39 is 15.3 Å². The molecule has 1 aliphatic rings. The number of nitrogens with two attached hydrogens (primary N) is 1. The highest BCUT2D eigenvalue weighted by molar-refractivity contribution is 7.89. The number of hydrogen-bond donors (Lipinski definition) is 2. The molecule has 0 spiro atoms. The highest BCUT2D eigenvalue weighted by Crippen LogP contribution is 2.34. The van der Waals surface area contributed by atoms with Crippen molar-refractivity contribution in [1.82, 2.24) is 5.32 Å². The molecule has 1 heterocycles. The Morgan fingerprint density at radius 1 is 1.25 bits per heavy atom. The molecule has 7 heteroatoms. The van der Waals surface area contributed by atoms with E-state index in [1.165, 1.54) is 0 Å². The molecule has 3 N–H and O–H groups in total. The van der Waals surface area contributed by atoms with Gasteiger partial charge in [-0.15, -0.1) is 0 Å². The summed E-state index contributed by atoms with van der Waals surface area (Å²) in [6, 6.07) is 5.63. The number of benzene rings is 1. The first-order chi connectivity index (χ1) is 9.45. The van der Waals surface area contributed by atoms with Crippen molar-refractivity contribution >= 4 is 10.0 Å². The van der Waals surface area contributed by atoms with Crippen LogP contribution in [0.2, 0.25) is 0 Å². The highest BCUT2D eigenvalue weighted by Gasteiger charge is 2.30. The Balaban J connectivity index is 2.17. The van der Waals surface area contributed by atoms with E-state index in [4.69, 9.17) is 14.6 Å². The Bertz CT molecular complexity index is 566. The molecule has 0 radical (unpaired) electrons. The van der Waals surface area contributed by atoms with Crippen LogP contribution >= 0.6 is 0 Å². The van der Waals surface area contributed by atoms with Crippen molar-refractivity contribution in [3.63, 3.8) is 0 Å². The van der Waals surface area contributed by atoms with Crippen molar-refractivity contribution in [2.45, 2.75) is 24.1 Å². The van der Waals surface area contributed by atoms with Crippen molar-refractivity contribution in [1.29, 1.82) is 0 Å². The van der Waals surface area contributed by atoms with E-state index in [1.54, 1.807) is 14.2 Å². The first-order valence-corrected chi connectivity index (χ1v) is 8.03. The van der Waals surface area contributed by atoms with Crippen molar-refractivity contribution in [3.8, 4) is 11.5 Å². The summed E-state index contributed by atoms with van der Waals surface area (Å²) >= 11 is 0. The lowest BCUT2D eigenvalue weighted by molar-refractivity contribution is 0.367. The van der Waals surface area contributed by atoms with Crippen LogP contribution in [0.1, 0.15) is 24.4 Å². The smallest absolute Gasteiger partial charge is 0.213 e. The molecule has 1 aromatic rings. The molecular formula is C13H20N2O4S. The third-order valence-corrected chi connectivity index (χ3v) is 4.98. The van der Waals surface area contributed by atoms with Gasteiger partial charge < -0.3 is 14.8 Å². The van der Waals surface area contributed by atoms with Gasteiger partial charge in [0, 0.05) is 18.2 Å². The van der Waals surface area contributed by atoms with Gasteiger partial charge in [0.05, 0.1) is 19.5 Å². The zero-order valence-corrected chi connectivity index (χ0v) is 12.4. The van der Waals surface area contributed by atoms with Gasteiger partial charge in [-0.05, 0) is 31.0 Å². The van der Waals surface area contributed by atoms with Crippen LogP contribution in [0.4, 0.5) is 0 Å². The molecule has 1 aromatic carbocycles. The van der Waals surface area contributed by atoms with E-state index in [0.29, 0.717) is 19.4 Å². The number of hydrogen-bond acceptors (Lipinski definition) is 5. The number of ether oxygens (including phenoxy) is 2. The van der Waals surface area contributed by atoms with Crippen LogP contribution < -0.4 is 19.9 Å². The minimum Gasteiger partial charge on any atom is -0.497 e. The first kappa shape index (κ1) is 15.1. The van der Waals surface area contributed by atoms with E-state index in [1.807, 2.05) is 18.2 Å². The molecule has 6 nitrogen and oxygen atoms in total. The zero-order valence-electron chi connectivity index (χ0n) is 11.6. The topological polar surface area (TPSA) is 90.7 Å². The summed E-state index contributed by atoms with van der Waals surface area (Å²) in [6.07, 6.45) is 1.22. The SMILES string of the molecule is COc1ccc(OC)c(C2CCC(S(N)(=O)=O)CN2)c1. The molecule has 112 valence electrons. The average Bonchev–Trinajstić information content (AvgIpc) is 2.45. The molecule has 0 amide bonds. The van der Waals surface area contributed by atoms with Gasteiger partial charge in [0.2, 0.25) is 10.0 Å². The fourth-order valence-electron chi connectivity index (χ4n) is 2.49. The largest absolute Gasteiger partial charge is 0.497 e. The first-order valence-electron chi connectivity index (χ1n) is 6.42. The summed E-state index contributed by atoms with van der Waals surface area (Å²) in [5.74, 6) is 1.51. The lowest BCUT2D eigenvalue weighted by Gasteiger charge is -2.29. The van der Waals surface area contributed by atoms with E-state index in [2.05, 4.69) is 5.32 Å². The molecule has 0 aromatic heterocycles. The van der Waals surface area contributed by atoms with Gasteiger partial charge in [-0.2, -0.15) is 0 Å². The molecule has 1 saturated heterocycles. The fourth-order valence-corrected chi connectivity index (χ4v) is 3.28. The third-order valence-electron chi connectivity index (χ3n) is 3.65. The minimum absolute atomic E-state index is 0.0399. The summed E-state index contributed by atoms with van der Waals surface area (Å²) < 4.78 is 33.3. The summed E-state index contributed by atoms with van der Waals surface area (Å²) in [5.41, 5.74) is 0.972. The van der Waals surface area contributed by atoms with Crippen molar-refractivity contribution < 1.29 is 17.9 Å². The quantitative estimate of drug-likeness (QED) is 0.857. The Hall–Kier alpha value is -1.31. The number of nitrogens with one attached hydrogen (secondary N) is 1. The third kappa shape index (κ3) is 3.23. The van der Waals surface area contributed by atoms with Crippen LogP contribution in [-0.2, 0) is 10.0 Å². The Kier molecular flexibility index (Phi) is 4.52. The molecule has 20 heavy (non-hydrogen) atoms. The van der Waals surface area contributed by atoms with Crippen molar-refractivity contribution in [2.24, 2.45) is 5.14 Å². The predicted octanol–water partition coefficient (Wildman–Crippen LogP) is 0.785. The molecule has 1 aliphatic heterocycles. The summed E-state index contributed by atoms with van der Waals surface area (Å²) in [4.78, 5) is 0.